The minimum atomic E-state index is -0.661. The number of benzene rings is 5. The van der Waals surface area contributed by atoms with Gasteiger partial charge in [0.1, 0.15) is 4.70 Å². The number of imide groups is 1. The summed E-state index contributed by atoms with van der Waals surface area (Å²) in [7, 11) is 0. The monoisotopic (exact) mass is 786 g/mol. The van der Waals surface area contributed by atoms with Crippen molar-refractivity contribution in [2.75, 3.05) is 16.3 Å². The normalized spacial score (nSPS) is 16.6. The number of para-hydroxylation sites is 3. The van der Waals surface area contributed by atoms with Gasteiger partial charge in [-0.1, -0.05) is 134 Å². The molecule has 8 heteroatoms. The van der Waals surface area contributed by atoms with Gasteiger partial charge in [0.25, 0.3) is 5.01 Å². The largest absolute Gasteiger partial charge is 0.345 e. The van der Waals surface area contributed by atoms with E-state index in [0.29, 0.717) is 29.8 Å². The van der Waals surface area contributed by atoms with E-state index in [4.69, 9.17) is 0 Å². The van der Waals surface area contributed by atoms with Crippen LogP contribution in [-0.4, -0.2) is 29.4 Å². The fourth-order valence-corrected chi connectivity index (χ4v) is 10.0. The van der Waals surface area contributed by atoms with Crippen LogP contribution in [0.3, 0.4) is 0 Å². The minimum absolute atomic E-state index is 0.0596. The molecule has 1 atom stereocenters. The molecule has 2 amide bonds. The van der Waals surface area contributed by atoms with Crippen LogP contribution >= 0.6 is 23.1 Å². The molecule has 2 heterocycles. The average molecular weight is 787 g/mol. The molecule has 1 aromatic heterocycles. The first-order chi connectivity index (χ1) is 27.9. The van der Waals surface area contributed by atoms with Crippen LogP contribution in [0.4, 0.5) is 11.4 Å². The third-order valence-electron chi connectivity index (χ3n) is 10.6. The molecule has 0 radical (unpaired) electrons. The van der Waals surface area contributed by atoms with E-state index < -0.39 is 5.25 Å². The summed E-state index contributed by atoms with van der Waals surface area (Å²) in [6.45, 7) is 5.68. The zero-order valence-corrected chi connectivity index (χ0v) is 33.8. The summed E-state index contributed by atoms with van der Waals surface area (Å²) < 4.78 is 3.38. The van der Waals surface area contributed by atoms with Crippen LogP contribution in [-0.2, 0) is 33.8 Å². The molecule has 1 fully saturated rings. The molecule has 1 aliphatic heterocycles. The van der Waals surface area contributed by atoms with Gasteiger partial charge >= 0.3 is 0 Å². The Morgan fingerprint density at radius 1 is 0.807 bits per heavy atom. The lowest BCUT2D eigenvalue weighted by Crippen LogP contribution is -2.36. The number of amides is 2. The van der Waals surface area contributed by atoms with Gasteiger partial charge in [0.15, 0.2) is 12.3 Å². The highest BCUT2D eigenvalue weighted by atomic mass is 32.2. The predicted octanol–water partition coefficient (Wildman–Crippen LogP) is 10.1. The van der Waals surface area contributed by atoms with Crippen molar-refractivity contribution in [2.45, 2.75) is 51.3 Å². The maximum atomic E-state index is 14.6. The van der Waals surface area contributed by atoms with E-state index in [2.05, 4.69) is 96.1 Å². The van der Waals surface area contributed by atoms with Crippen molar-refractivity contribution in [3.05, 3.63) is 189 Å². The van der Waals surface area contributed by atoms with E-state index in [9.17, 15) is 14.4 Å². The zero-order valence-electron chi connectivity index (χ0n) is 32.1. The maximum Gasteiger partial charge on any atom is 0.263 e. The molecule has 0 saturated carbocycles. The Balaban J connectivity index is 1.23. The van der Waals surface area contributed by atoms with Gasteiger partial charge in [0.05, 0.1) is 10.9 Å². The number of thiazole rings is 1. The molecule has 1 unspecified atom stereocenters. The second-order valence-electron chi connectivity index (χ2n) is 14.2. The highest BCUT2D eigenvalue weighted by molar-refractivity contribution is 8.05. The molecule has 0 spiro atoms. The number of Topliss-reactive ketones (excluding diaryl/α,β-unsaturated/α-hetero) is 1. The molecule has 2 aliphatic rings. The van der Waals surface area contributed by atoms with Crippen molar-refractivity contribution >= 4 is 68.4 Å². The van der Waals surface area contributed by atoms with Gasteiger partial charge < -0.3 is 4.90 Å². The molecular weight excluding hydrogens is 743 g/mol. The Hall–Kier alpha value is -5.83. The Morgan fingerprint density at radius 3 is 2.18 bits per heavy atom. The third kappa shape index (κ3) is 7.93. The van der Waals surface area contributed by atoms with E-state index in [1.165, 1.54) is 27.8 Å². The number of nitrogens with zero attached hydrogens (tertiary/aromatic N) is 3. The quantitative estimate of drug-likeness (QED) is 0.0625. The van der Waals surface area contributed by atoms with Gasteiger partial charge in [-0.25, -0.2) is 4.90 Å². The Morgan fingerprint density at radius 2 is 1.46 bits per heavy atom. The van der Waals surface area contributed by atoms with Gasteiger partial charge in [-0.05, 0) is 60.7 Å². The summed E-state index contributed by atoms with van der Waals surface area (Å²) in [6, 6.07) is 46.7. The first kappa shape index (κ1) is 38.1. The molecule has 1 aliphatic carbocycles. The molecular formula is C49H44N3O3S2+. The van der Waals surface area contributed by atoms with Crippen LogP contribution in [0.1, 0.15) is 48.4 Å². The molecule has 6 aromatic rings. The number of thioether (sulfide) groups is 1. The molecule has 284 valence electrons. The fourth-order valence-electron chi connectivity index (χ4n) is 7.64. The van der Waals surface area contributed by atoms with Crippen molar-refractivity contribution in [1.29, 1.82) is 0 Å². The minimum Gasteiger partial charge on any atom is -0.345 e. The standard InChI is InChI=1S/C49H44N3O3S2/c1-3-36-22-14-15-25-41(36)50(29-28-34-18-8-5-9-19-34)37(4-2)30-39-47(54)40(48(39)57-44-32-45(53)52(49(44)55)38-23-12-7-13-24-38)31-46-51(33-35-20-10-6-11-21-35)42-26-16-17-27-43(42)56-46/h5-27,30-31,44H,3-4,28-29,32-33H2,1-2H3/q+1. The number of aromatic nitrogens is 1. The number of hydrogen-bond acceptors (Lipinski definition) is 6. The van der Waals surface area contributed by atoms with Crippen molar-refractivity contribution in [2.24, 2.45) is 0 Å². The maximum absolute atomic E-state index is 14.6. The lowest BCUT2D eigenvalue weighted by molar-refractivity contribution is -0.659. The molecule has 0 N–H and O–H groups in total. The number of carbonyl (C=O) groups excluding carboxylic acids is 3. The van der Waals surface area contributed by atoms with Crippen LogP contribution < -0.4 is 14.4 Å². The lowest BCUT2D eigenvalue weighted by Gasteiger charge is -2.31. The Labute approximate surface area is 342 Å². The highest BCUT2D eigenvalue weighted by Gasteiger charge is 2.44. The summed E-state index contributed by atoms with van der Waals surface area (Å²) in [5.74, 6) is -0.556. The van der Waals surface area contributed by atoms with Gasteiger partial charge in [-0.15, -0.1) is 11.8 Å². The lowest BCUT2D eigenvalue weighted by atomic mass is 9.88. The van der Waals surface area contributed by atoms with E-state index >= 15 is 0 Å². The Bertz CT molecular complexity index is 2540. The third-order valence-corrected chi connectivity index (χ3v) is 13.0. The Kier molecular flexibility index (Phi) is 11.4. The van der Waals surface area contributed by atoms with Crippen LogP contribution in [0.25, 0.3) is 16.3 Å². The predicted molar refractivity (Wildman–Crippen MR) is 234 cm³/mol. The van der Waals surface area contributed by atoms with Crippen LogP contribution in [0, 0.1) is 0 Å². The molecule has 6 nitrogen and oxygen atoms in total. The average Bonchev–Trinajstić information content (AvgIpc) is 3.75. The summed E-state index contributed by atoms with van der Waals surface area (Å²) in [6.07, 6.45) is 6.49. The topological polar surface area (TPSA) is 61.6 Å². The summed E-state index contributed by atoms with van der Waals surface area (Å²) in [4.78, 5) is 46.4. The number of allylic oxidation sites excluding steroid dienone is 4. The van der Waals surface area contributed by atoms with Gasteiger partial charge in [0.2, 0.25) is 17.3 Å². The molecule has 8 rings (SSSR count). The van der Waals surface area contributed by atoms with Crippen molar-refractivity contribution in [3.63, 3.8) is 0 Å². The number of hydrogen-bond donors (Lipinski definition) is 0. The summed E-state index contributed by atoms with van der Waals surface area (Å²) >= 11 is 2.99. The van der Waals surface area contributed by atoms with Crippen molar-refractivity contribution < 1.29 is 19.0 Å². The first-order valence-electron chi connectivity index (χ1n) is 19.6. The van der Waals surface area contributed by atoms with E-state index in [-0.39, 0.29) is 24.0 Å². The van der Waals surface area contributed by atoms with E-state index in [0.717, 1.165) is 56.5 Å². The first-order valence-corrected chi connectivity index (χ1v) is 21.3. The number of anilines is 2. The number of aryl methyl sites for hydroxylation is 1. The van der Waals surface area contributed by atoms with Crippen LogP contribution in [0.5, 0.6) is 0 Å². The van der Waals surface area contributed by atoms with E-state index in [1.807, 2.05) is 66.7 Å². The summed E-state index contributed by atoms with van der Waals surface area (Å²) in [5, 5.41) is 0.285. The number of carbonyl (C=O) groups is 3. The van der Waals surface area contributed by atoms with E-state index in [1.54, 1.807) is 23.5 Å². The highest BCUT2D eigenvalue weighted by Crippen LogP contribution is 2.46. The molecule has 5 aromatic carbocycles. The SMILES string of the molecule is CCC(=CC1=C(SC2CC(=O)N(c3ccccc3)C2=O)C(=Cc2sc3ccccc3[n+]2Cc2ccccc2)C1=O)N(CCc1ccccc1)c1ccccc1CC. The smallest absolute Gasteiger partial charge is 0.263 e. The number of ketones is 1. The number of rotatable bonds is 14. The molecule has 0 bridgehead atoms. The molecule has 57 heavy (non-hydrogen) atoms. The van der Waals surface area contributed by atoms with Crippen molar-refractivity contribution in [3.8, 4) is 0 Å². The van der Waals surface area contributed by atoms with Gasteiger partial charge in [-0.3, -0.25) is 14.4 Å². The second kappa shape index (κ2) is 17.1. The molecule has 1 saturated heterocycles. The van der Waals surface area contributed by atoms with Crippen molar-refractivity contribution in [1.82, 2.24) is 0 Å². The van der Waals surface area contributed by atoms with Crippen LogP contribution in [0.2, 0.25) is 0 Å². The summed E-state index contributed by atoms with van der Waals surface area (Å²) in [5.41, 5.74) is 8.59. The number of fused-ring (bicyclic) bond motifs is 1. The van der Waals surface area contributed by atoms with Gasteiger partial charge in [-0.2, -0.15) is 4.57 Å². The zero-order chi connectivity index (χ0) is 39.3. The van der Waals surface area contributed by atoms with Gasteiger partial charge in [0, 0.05) is 58.1 Å². The van der Waals surface area contributed by atoms with Crippen LogP contribution in [0.15, 0.2) is 167 Å². The second-order valence-corrected chi connectivity index (χ2v) is 16.5. The fraction of sp³-hybridized carbons (Fsp3) is 0.184.